The van der Waals surface area contributed by atoms with Crippen molar-refractivity contribution in [3.05, 3.63) is 5.53 Å². The Kier molecular flexibility index (Phi) is 7.00. The number of halogens is 4. The van der Waals surface area contributed by atoms with Gasteiger partial charge in [0, 0.05) is 17.7 Å². The summed E-state index contributed by atoms with van der Waals surface area (Å²) in [6, 6.07) is 0. The predicted molar refractivity (Wildman–Crippen MR) is 61.5 cm³/mol. The third-order valence-corrected chi connectivity index (χ3v) is 2.60. The summed E-state index contributed by atoms with van der Waals surface area (Å²) in [6.45, 7) is 0. The monoisotopic (exact) mass is 320 g/mol. The number of hydrogen-bond acceptors (Lipinski definition) is 1. The Hall–Kier alpha value is 0.400. The maximum atomic E-state index is 10.9. The minimum absolute atomic E-state index is 0.0500. The SMILES string of the molecule is [N-]=[N+]=CC(=O)CCC(Br)CC(Cl)(Cl)Cl. The molecular weight excluding hydrogens is 314 g/mol. The lowest BCUT2D eigenvalue weighted by atomic mass is 10.1. The normalized spacial score (nSPS) is 13.1. The van der Waals surface area contributed by atoms with Crippen LogP contribution in [0.15, 0.2) is 0 Å². The summed E-state index contributed by atoms with van der Waals surface area (Å²) in [5.74, 6) is -0.263. The number of carbonyl (C=O) groups excluding carboxylic acids is 1. The van der Waals surface area contributed by atoms with Gasteiger partial charge in [0.2, 0.25) is 5.78 Å². The van der Waals surface area contributed by atoms with E-state index in [4.69, 9.17) is 40.3 Å². The summed E-state index contributed by atoms with van der Waals surface area (Å²) in [4.78, 5) is 13.5. The molecule has 0 radical (unpaired) electrons. The molecule has 7 heteroatoms. The zero-order valence-corrected chi connectivity index (χ0v) is 10.9. The molecule has 0 heterocycles. The van der Waals surface area contributed by atoms with Crippen LogP contribution in [-0.2, 0) is 4.79 Å². The molecule has 0 saturated heterocycles. The fourth-order valence-corrected chi connectivity index (χ4v) is 2.61. The first kappa shape index (κ1) is 14.4. The molecule has 0 fully saturated rings. The maximum absolute atomic E-state index is 10.9. The molecule has 0 N–H and O–H groups in total. The summed E-state index contributed by atoms with van der Waals surface area (Å²) in [5.41, 5.74) is 8.06. The van der Waals surface area contributed by atoms with Gasteiger partial charge in [0.25, 0.3) is 0 Å². The molecule has 0 aliphatic heterocycles. The molecule has 0 aliphatic carbocycles. The van der Waals surface area contributed by atoms with Crippen molar-refractivity contribution >= 4 is 62.7 Å². The molecule has 0 saturated carbocycles. The molecule has 1 unspecified atom stereocenters. The van der Waals surface area contributed by atoms with Crippen LogP contribution in [0.4, 0.5) is 0 Å². The summed E-state index contributed by atoms with van der Waals surface area (Å²) >= 11 is 19.9. The van der Waals surface area contributed by atoms with Crippen molar-refractivity contribution in [2.45, 2.75) is 27.9 Å². The lowest BCUT2D eigenvalue weighted by molar-refractivity contribution is -0.116. The second kappa shape index (κ2) is 6.81. The van der Waals surface area contributed by atoms with E-state index in [1.165, 1.54) is 0 Å². The van der Waals surface area contributed by atoms with Crippen LogP contribution in [0, 0.1) is 0 Å². The number of alkyl halides is 4. The molecule has 0 aromatic rings. The third-order valence-electron chi connectivity index (χ3n) is 1.36. The van der Waals surface area contributed by atoms with Crippen LogP contribution in [0.1, 0.15) is 19.3 Å². The van der Waals surface area contributed by atoms with E-state index in [-0.39, 0.29) is 17.0 Å². The van der Waals surface area contributed by atoms with Gasteiger partial charge in [-0.05, 0) is 6.42 Å². The highest BCUT2D eigenvalue weighted by Crippen LogP contribution is 2.34. The largest absolute Gasteiger partial charge is 0.361 e. The smallest absolute Gasteiger partial charge is 0.323 e. The Bertz CT molecular complexity index is 248. The molecule has 14 heavy (non-hydrogen) atoms. The van der Waals surface area contributed by atoms with Crippen LogP contribution >= 0.6 is 50.7 Å². The molecule has 0 aliphatic rings. The van der Waals surface area contributed by atoms with Gasteiger partial charge >= 0.3 is 6.21 Å². The number of carbonyl (C=O) groups is 1. The molecule has 3 nitrogen and oxygen atoms in total. The van der Waals surface area contributed by atoms with Gasteiger partial charge in [-0.25, -0.2) is 0 Å². The average Bonchev–Trinajstić information content (AvgIpc) is 1.98. The zero-order chi connectivity index (χ0) is 11.2. The minimum Gasteiger partial charge on any atom is -0.361 e. The number of ketones is 1. The Labute approximate surface area is 105 Å². The fourth-order valence-electron chi connectivity index (χ4n) is 0.781. The van der Waals surface area contributed by atoms with E-state index in [2.05, 4.69) is 20.7 Å². The van der Waals surface area contributed by atoms with E-state index in [0.717, 1.165) is 6.21 Å². The highest BCUT2D eigenvalue weighted by atomic mass is 79.9. The quantitative estimate of drug-likeness (QED) is 0.332. The fraction of sp³-hybridized carbons (Fsp3) is 0.714. The van der Waals surface area contributed by atoms with Gasteiger partial charge in [-0.2, -0.15) is 4.79 Å². The van der Waals surface area contributed by atoms with Gasteiger partial charge in [0.1, 0.15) is 0 Å². The molecule has 1 atom stereocenters. The van der Waals surface area contributed by atoms with Crippen LogP contribution in [-0.4, -0.2) is 25.4 Å². The average molecular weight is 322 g/mol. The summed E-state index contributed by atoms with van der Waals surface area (Å²) in [5, 5.41) is 0. The van der Waals surface area contributed by atoms with Crippen LogP contribution in [0.3, 0.4) is 0 Å². The minimum atomic E-state index is -1.32. The van der Waals surface area contributed by atoms with Gasteiger partial charge in [-0.15, -0.1) is 0 Å². The lowest BCUT2D eigenvalue weighted by Gasteiger charge is -2.14. The van der Waals surface area contributed by atoms with Crippen molar-refractivity contribution in [2.24, 2.45) is 0 Å². The van der Waals surface area contributed by atoms with Gasteiger partial charge in [-0.3, -0.25) is 4.79 Å². The number of rotatable bonds is 5. The maximum Gasteiger partial charge on any atom is 0.323 e. The van der Waals surface area contributed by atoms with Crippen molar-refractivity contribution in [1.82, 2.24) is 0 Å². The third kappa shape index (κ3) is 8.97. The molecule has 0 amide bonds. The van der Waals surface area contributed by atoms with E-state index in [1.807, 2.05) is 0 Å². The lowest BCUT2D eigenvalue weighted by Crippen LogP contribution is -2.13. The summed E-state index contributed by atoms with van der Waals surface area (Å²) < 4.78 is -1.32. The van der Waals surface area contributed by atoms with Gasteiger partial charge in [0.05, 0.1) is 0 Å². The Morgan fingerprint density at radius 3 is 2.57 bits per heavy atom. The second-order valence-corrected chi connectivity index (χ2v) is 6.48. The van der Waals surface area contributed by atoms with E-state index in [9.17, 15) is 4.79 Å². The van der Waals surface area contributed by atoms with E-state index in [0.29, 0.717) is 12.8 Å². The van der Waals surface area contributed by atoms with Gasteiger partial charge in [0.15, 0.2) is 3.79 Å². The van der Waals surface area contributed by atoms with Crippen LogP contribution in [0.25, 0.3) is 5.53 Å². The van der Waals surface area contributed by atoms with Crippen molar-refractivity contribution in [3.8, 4) is 0 Å². The zero-order valence-electron chi connectivity index (χ0n) is 7.09. The van der Waals surface area contributed by atoms with E-state index >= 15 is 0 Å². The molecule has 0 spiro atoms. The molecule has 0 aromatic heterocycles. The highest BCUT2D eigenvalue weighted by molar-refractivity contribution is 9.09. The van der Waals surface area contributed by atoms with Crippen molar-refractivity contribution < 1.29 is 9.58 Å². The first-order valence-electron chi connectivity index (χ1n) is 3.76. The van der Waals surface area contributed by atoms with E-state index in [1.54, 1.807) is 0 Å². The standard InChI is InChI=1S/C7H8BrCl3N2O/c8-5(3-7(9,10)11)1-2-6(14)4-13-12/h4-5H,1-3H2. The molecular formula is C7H8BrCl3N2O. The Morgan fingerprint density at radius 2 is 2.14 bits per heavy atom. The summed E-state index contributed by atoms with van der Waals surface area (Å²) in [6.07, 6.45) is 1.95. The van der Waals surface area contributed by atoms with Crippen molar-refractivity contribution in [1.29, 1.82) is 0 Å². The molecule has 0 rings (SSSR count). The van der Waals surface area contributed by atoms with E-state index < -0.39 is 3.79 Å². The number of Topliss-reactive ketones (excluding diaryl/α,β-unsaturated/α-hetero) is 1. The second-order valence-electron chi connectivity index (χ2n) is 2.67. The molecule has 80 valence electrons. The first-order chi connectivity index (χ1) is 6.35. The predicted octanol–water partition coefficient (Wildman–Crippen LogP) is 3.16. The summed E-state index contributed by atoms with van der Waals surface area (Å²) in [7, 11) is 0. The number of nitrogens with zero attached hydrogens (tertiary/aromatic N) is 2. The van der Waals surface area contributed by atoms with Crippen LogP contribution < -0.4 is 0 Å². The van der Waals surface area contributed by atoms with Crippen molar-refractivity contribution in [2.75, 3.05) is 0 Å². The van der Waals surface area contributed by atoms with Crippen molar-refractivity contribution in [3.63, 3.8) is 0 Å². The molecule has 0 bridgehead atoms. The van der Waals surface area contributed by atoms with Crippen LogP contribution in [0.5, 0.6) is 0 Å². The Balaban J connectivity index is 3.80. The number of hydrogen-bond donors (Lipinski definition) is 0. The van der Waals surface area contributed by atoms with Gasteiger partial charge < -0.3 is 5.53 Å². The van der Waals surface area contributed by atoms with Gasteiger partial charge in [-0.1, -0.05) is 50.7 Å². The van der Waals surface area contributed by atoms with Crippen LogP contribution in [0.2, 0.25) is 0 Å². The molecule has 0 aromatic carbocycles. The highest BCUT2D eigenvalue weighted by Gasteiger charge is 2.24. The topological polar surface area (TPSA) is 53.5 Å². The first-order valence-corrected chi connectivity index (χ1v) is 5.81. The Morgan fingerprint density at radius 1 is 1.57 bits per heavy atom.